The molecule has 0 spiro atoms. The predicted molar refractivity (Wildman–Crippen MR) is 194 cm³/mol. The largest absolute Gasteiger partial charge is 0.308 e. The van der Waals surface area contributed by atoms with Crippen molar-refractivity contribution in [1.29, 1.82) is 0 Å². The van der Waals surface area contributed by atoms with E-state index in [2.05, 4.69) is 95.7 Å². The van der Waals surface area contributed by atoms with Crippen LogP contribution in [0.2, 0.25) is 0 Å². The minimum atomic E-state index is -3.47. The number of nitrogens with zero attached hydrogens (tertiary/aromatic N) is 2. The smallest absolute Gasteiger partial charge is 0.174 e. The molecule has 0 radical (unpaired) electrons. The second-order valence-electron chi connectivity index (χ2n) is 11.1. The normalized spacial score (nSPS) is 15.7. The maximum atomic E-state index is 16.7. The molecule has 1 heterocycles. The summed E-state index contributed by atoms with van der Waals surface area (Å²) in [5.74, 6) is 0. The Kier molecular flexibility index (Phi) is 8.33. The van der Waals surface area contributed by atoms with Crippen LogP contribution in [-0.4, -0.2) is 22.0 Å². The zero-order chi connectivity index (χ0) is 30.5. The molecule has 0 unspecified atom stereocenters. The molecule has 0 aromatic heterocycles. The minimum absolute atomic E-state index is 0.570. The first-order chi connectivity index (χ1) is 22.2. The summed E-state index contributed by atoms with van der Waals surface area (Å²) >= 11 is 0. The van der Waals surface area contributed by atoms with E-state index in [0.717, 1.165) is 27.0 Å². The Morgan fingerprint density at radius 2 is 0.933 bits per heavy atom. The van der Waals surface area contributed by atoms with Crippen LogP contribution in [0, 0.1) is 0 Å². The Labute approximate surface area is 266 Å². The van der Waals surface area contributed by atoms with E-state index in [9.17, 15) is 0 Å². The first-order valence-corrected chi connectivity index (χ1v) is 18.7. The predicted octanol–water partition coefficient (Wildman–Crippen LogP) is 8.00. The molecular formula is C40H34N2OP2. The second kappa shape index (κ2) is 12.8. The van der Waals surface area contributed by atoms with Crippen LogP contribution in [0.5, 0.6) is 0 Å². The fourth-order valence-corrected chi connectivity index (χ4v) is 16.4. The fourth-order valence-electron chi connectivity index (χ4n) is 6.43. The van der Waals surface area contributed by atoms with Gasteiger partial charge in [0.1, 0.15) is 0 Å². The van der Waals surface area contributed by atoms with Gasteiger partial charge in [0.25, 0.3) is 0 Å². The van der Waals surface area contributed by atoms with Gasteiger partial charge in [-0.05, 0) is 28.3 Å². The summed E-state index contributed by atoms with van der Waals surface area (Å²) in [6.07, 6.45) is 0. The van der Waals surface area contributed by atoms with Crippen LogP contribution in [0.1, 0.15) is 5.56 Å². The molecule has 220 valence electrons. The Hall–Kier alpha value is -4.52. The van der Waals surface area contributed by atoms with Gasteiger partial charge in [-0.2, -0.15) is 0 Å². The SMILES string of the molecule is O=P(C1=P(c2ccccc2)(c2ccccc2)N(Cc2ccccc2)CC1=Nc1ccccc1)(c1ccccc1)c1ccccc1. The van der Waals surface area contributed by atoms with Crippen molar-refractivity contribution >= 4 is 51.8 Å². The van der Waals surface area contributed by atoms with E-state index in [1.807, 2.05) is 91.0 Å². The highest BCUT2D eigenvalue weighted by atomic mass is 31.2. The quantitative estimate of drug-likeness (QED) is 0.162. The van der Waals surface area contributed by atoms with E-state index in [1.165, 1.54) is 16.2 Å². The van der Waals surface area contributed by atoms with E-state index >= 15 is 4.57 Å². The molecule has 3 nitrogen and oxygen atoms in total. The number of rotatable bonds is 8. The molecule has 1 aliphatic rings. The standard InChI is InChI=1S/C40H34N2OP2/c43-45(37-27-15-5-16-28-37,38-29-17-6-18-30-38)40-39(41-34-21-9-2-10-22-34)32-42(31-33-19-7-1-8-20-33)44(40,35-23-11-3-12-24-35)36-25-13-4-14-26-36/h1-30H,31-32H2. The van der Waals surface area contributed by atoms with Crippen LogP contribution >= 0.6 is 14.2 Å². The van der Waals surface area contributed by atoms with E-state index in [4.69, 9.17) is 4.99 Å². The van der Waals surface area contributed by atoms with Gasteiger partial charge in [0.15, 0.2) is 7.14 Å². The molecule has 1 aliphatic heterocycles. The molecule has 6 aromatic rings. The summed E-state index contributed by atoms with van der Waals surface area (Å²) in [6.45, 7) is 1.26. The molecule has 0 fully saturated rings. The first-order valence-electron chi connectivity index (χ1n) is 15.2. The van der Waals surface area contributed by atoms with Gasteiger partial charge in [-0.15, -0.1) is 0 Å². The number of benzene rings is 6. The van der Waals surface area contributed by atoms with Crippen molar-refractivity contribution < 1.29 is 4.57 Å². The molecule has 0 bridgehead atoms. The van der Waals surface area contributed by atoms with E-state index in [0.29, 0.717) is 13.1 Å². The molecular weight excluding hydrogens is 586 g/mol. The van der Waals surface area contributed by atoms with Crippen molar-refractivity contribution in [2.45, 2.75) is 6.54 Å². The first kappa shape index (κ1) is 29.2. The third-order valence-electron chi connectivity index (χ3n) is 8.35. The molecule has 45 heavy (non-hydrogen) atoms. The van der Waals surface area contributed by atoms with Crippen LogP contribution in [0.15, 0.2) is 187 Å². The lowest BCUT2D eigenvalue weighted by Gasteiger charge is -2.37. The molecule has 0 aliphatic carbocycles. The van der Waals surface area contributed by atoms with Gasteiger partial charge in [0.2, 0.25) is 0 Å². The van der Waals surface area contributed by atoms with Crippen molar-refractivity contribution in [2.24, 2.45) is 4.99 Å². The summed E-state index contributed by atoms with van der Waals surface area (Å²) in [5.41, 5.74) is 2.95. The Bertz CT molecular complexity index is 1930. The van der Waals surface area contributed by atoms with Crippen molar-refractivity contribution in [3.05, 3.63) is 188 Å². The number of hydrogen-bond acceptors (Lipinski definition) is 3. The summed E-state index contributed by atoms with van der Waals surface area (Å²) in [4.78, 5) is 5.39. The molecule has 6 aromatic carbocycles. The van der Waals surface area contributed by atoms with Crippen LogP contribution in [0.4, 0.5) is 5.69 Å². The zero-order valence-corrected chi connectivity index (χ0v) is 26.7. The summed E-state index contributed by atoms with van der Waals surface area (Å²) in [5, 5.41) is 4.94. The highest BCUT2D eigenvalue weighted by molar-refractivity contribution is 8.11. The van der Waals surface area contributed by atoms with Gasteiger partial charge < -0.3 is 4.57 Å². The van der Waals surface area contributed by atoms with Crippen LogP contribution in [0.3, 0.4) is 0 Å². The van der Waals surface area contributed by atoms with E-state index in [1.54, 1.807) is 0 Å². The number of aliphatic imine (C=N–C) groups is 1. The number of para-hydroxylation sites is 1. The van der Waals surface area contributed by atoms with Gasteiger partial charge in [-0.1, -0.05) is 170 Å². The third-order valence-corrected chi connectivity index (χ3v) is 17.1. The highest BCUT2D eigenvalue weighted by Gasteiger charge is 2.50. The van der Waals surface area contributed by atoms with Crippen molar-refractivity contribution in [3.8, 4) is 0 Å². The van der Waals surface area contributed by atoms with Gasteiger partial charge in [-0.25, -0.2) is 0 Å². The van der Waals surface area contributed by atoms with Crippen LogP contribution in [0.25, 0.3) is 0 Å². The molecule has 0 amide bonds. The second-order valence-corrected chi connectivity index (χ2v) is 17.5. The topological polar surface area (TPSA) is 32.7 Å². The molecule has 0 saturated carbocycles. The summed E-state index contributed by atoms with van der Waals surface area (Å²) in [7, 11) is -6.19. The van der Waals surface area contributed by atoms with E-state index < -0.39 is 14.2 Å². The van der Waals surface area contributed by atoms with Crippen LogP contribution < -0.4 is 21.2 Å². The maximum absolute atomic E-state index is 16.7. The summed E-state index contributed by atoms with van der Waals surface area (Å²) < 4.78 is 19.2. The fraction of sp³-hybridized carbons (Fsp3) is 0.0500. The molecule has 7 rings (SSSR count). The van der Waals surface area contributed by atoms with Crippen molar-refractivity contribution in [2.75, 3.05) is 6.54 Å². The van der Waals surface area contributed by atoms with E-state index in [-0.39, 0.29) is 0 Å². The Morgan fingerprint density at radius 1 is 0.533 bits per heavy atom. The number of hydrogen-bond donors (Lipinski definition) is 0. The molecule has 5 heteroatoms. The van der Waals surface area contributed by atoms with Gasteiger partial charge in [0.05, 0.1) is 16.4 Å². The molecule has 0 saturated heterocycles. The zero-order valence-electron chi connectivity index (χ0n) is 24.9. The van der Waals surface area contributed by atoms with Gasteiger partial charge >= 0.3 is 0 Å². The van der Waals surface area contributed by atoms with Gasteiger partial charge in [-0.3, -0.25) is 9.66 Å². The van der Waals surface area contributed by atoms with Gasteiger partial charge in [0, 0.05) is 30.7 Å². The Morgan fingerprint density at radius 3 is 1.40 bits per heavy atom. The van der Waals surface area contributed by atoms with Crippen molar-refractivity contribution in [3.63, 3.8) is 0 Å². The average molecular weight is 621 g/mol. The molecule has 0 N–H and O–H groups in total. The highest BCUT2D eigenvalue weighted by Crippen LogP contribution is 2.65. The lowest BCUT2D eigenvalue weighted by Crippen LogP contribution is -2.33. The summed E-state index contributed by atoms with van der Waals surface area (Å²) in [6, 6.07) is 62.3. The lowest BCUT2D eigenvalue weighted by molar-refractivity contribution is 0.522. The average Bonchev–Trinajstić information content (AvgIpc) is 3.44. The minimum Gasteiger partial charge on any atom is -0.308 e. The Balaban J connectivity index is 1.70. The lowest BCUT2D eigenvalue weighted by atomic mass is 10.2. The maximum Gasteiger partial charge on any atom is 0.174 e. The van der Waals surface area contributed by atoms with Crippen molar-refractivity contribution in [1.82, 2.24) is 4.67 Å². The third kappa shape index (κ3) is 5.39. The van der Waals surface area contributed by atoms with Crippen LogP contribution in [-0.2, 0) is 11.1 Å². The monoisotopic (exact) mass is 620 g/mol. The molecule has 0 atom stereocenters.